The minimum absolute atomic E-state index is 0.103. The van der Waals surface area contributed by atoms with Crippen molar-refractivity contribution in [1.29, 1.82) is 0 Å². The van der Waals surface area contributed by atoms with Gasteiger partial charge in [0.25, 0.3) is 0 Å². The Hall–Kier alpha value is -1.94. The van der Waals surface area contributed by atoms with E-state index in [0.29, 0.717) is 31.6 Å². The molecule has 0 amide bonds. The molecule has 0 aliphatic carbocycles. The van der Waals surface area contributed by atoms with Gasteiger partial charge in [0, 0.05) is 25.7 Å². The highest BCUT2D eigenvalue weighted by Crippen LogP contribution is 2.45. The lowest BCUT2D eigenvalue weighted by atomic mass is 10.0. The molecule has 3 N–H and O–H groups in total. The molecule has 0 radical (unpaired) electrons. The molecular weight excluding hydrogens is 1140 g/mol. The fraction of sp³-hybridized carbons (Fsp3) is 0.940. The number of aliphatic hydroxyl groups excluding tert-OH is 1. The summed E-state index contributed by atoms with van der Waals surface area (Å²) in [4.78, 5) is 72.3. The van der Waals surface area contributed by atoms with E-state index in [4.69, 9.17) is 37.0 Å². The summed E-state index contributed by atoms with van der Waals surface area (Å²) in [5, 5.41) is 10.6. The number of carbonyl (C=O) groups is 4. The van der Waals surface area contributed by atoms with Crippen molar-refractivity contribution in [2.45, 2.75) is 355 Å². The second kappa shape index (κ2) is 59.4. The Morgan fingerprint density at radius 3 is 0.791 bits per heavy atom. The van der Waals surface area contributed by atoms with E-state index in [0.717, 1.165) is 95.8 Å². The summed E-state index contributed by atoms with van der Waals surface area (Å²) in [6.07, 6.45) is 43.1. The van der Waals surface area contributed by atoms with Crippen LogP contribution in [0.5, 0.6) is 0 Å². The molecule has 0 saturated heterocycles. The van der Waals surface area contributed by atoms with E-state index in [-0.39, 0.29) is 25.7 Å². The smallest absolute Gasteiger partial charge is 0.462 e. The first-order valence-electron chi connectivity index (χ1n) is 35.0. The van der Waals surface area contributed by atoms with Crippen molar-refractivity contribution in [3.05, 3.63) is 0 Å². The molecule has 0 spiro atoms. The predicted molar refractivity (Wildman–Crippen MR) is 345 cm³/mol. The van der Waals surface area contributed by atoms with Crippen LogP contribution in [0.4, 0.5) is 0 Å². The van der Waals surface area contributed by atoms with Crippen molar-refractivity contribution in [2.24, 2.45) is 11.8 Å². The third kappa shape index (κ3) is 60.9. The highest BCUT2D eigenvalue weighted by molar-refractivity contribution is 7.47. The van der Waals surface area contributed by atoms with Gasteiger partial charge < -0.3 is 33.8 Å². The molecule has 0 aromatic carbocycles. The van der Waals surface area contributed by atoms with E-state index in [9.17, 15) is 43.2 Å². The van der Waals surface area contributed by atoms with Gasteiger partial charge in [-0.2, -0.15) is 0 Å². The van der Waals surface area contributed by atoms with Gasteiger partial charge in [0.2, 0.25) is 0 Å². The van der Waals surface area contributed by atoms with E-state index in [1.165, 1.54) is 154 Å². The highest BCUT2D eigenvalue weighted by Gasteiger charge is 2.30. The van der Waals surface area contributed by atoms with Gasteiger partial charge in [0.05, 0.1) is 26.4 Å². The maximum atomic E-state index is 13.0. The first-order valence-corrected chi connectivity index (χ1v) is 38.0. The molecule has 19 heteroatoms. The van der Waals surface area contributed by atoms with Crippen molar-refractivity contribution in [1.82, 2.24) is 0 Å². The second-order valence-electron chi connectivity index (χ2n) is 25.2. The highest BCUT2D eigenvalue weighted by atomic mass is 31.2. The molecule has 0 aromatic heterocycles. The topological polar surface area (TPSA) is 237 Å². The van der Waals surface area contributed by atoms with Crippen LogP contribution in [0.25, 0.3) is 0 Å². The SMILES string of the molecule is CCCCCCCCCCCCCCCCC(=O)O[C@H](COC(=O)CCCCCCCCCCCC(C)C)COP(=O)(O)OC[C@@H](O)COP(=O)(O)OC[C@@H](COC(=O)CCCCCCCCCCCC)OC(=O)CCCCCCCCCC(C)C. The molecule has 0 rings (SSSR count). The molecule has 0 aromatic rings. The number of aliphatic hydroxyl groups is 1. The number of carbonyl (C=O) groups excluding carboxylic acids is 4. The molecule has 0 aliphatic heterocycles. The van der Waals surface area contributed by atoms with Crippen molar-refractivity contribution in [2.75, 3.05) is 39.6 Å². The Kier molecular flexibility index (Phi) is 58.0. The Bertz CT molecular complexity index is 1680. The van der Waals surface area contributed by atoms with Crippen LogP contribution in [0.15, 0.2) is 0 Å². The van der Waals surface area contributed by atoms with Crippen LogP contribution in [-0.2, 0) is 65.4 Å². The summed E-state index contributed by atoms with van der Waals surface area (Å²) in [6.45, 7) is 9.44. The van der Waals surface area contributed by atoms with Gasteiger partial charge in [-0.25, -0.2) is 9.13 Å². The number of unbranched alkanes of at least 4 members (excludes halogenated alkanes) is 36. The van der Waals surface area contributed by atoms with E-state index in [2.05, 4.69) is 41.5 Å². The summed E-state index contributed by atoms with van der Waals surface area (Å²) in [7, 11) is -9.89. The number of phosphoric ester groups is 2. The minimum atomic E-state index is -4.95. The third-order valence-electron chi connectivity index (χ3n) is 15.5. The van der Waals surface area contributed by atoms with Crippen LogP contribution in [-0.4, -0.2) is 96.7 Å². The largest absolute Gasteiger partial charge is 0.472 e. The van der Waals surface area contributed by atoms with Crippen molar-refractivity contribution in [3.8, 4) is 0 Å². The van der Waals surface area contributed by atoms with Gasteiger partial charge >= 0.3 is 39.5 Å². The quantitative estimate of drug-likeness (QED) is 0.0222. The minimum Gasteiger partial charge on any atom is -0.462 e. The summed E-state index contributed by atoms with van der Waals surface area (Å²) >= 11 is 0. The first kappa shape index (κ1) is 84.1. The van der Waals surface area contributed by atoms with E-state index < -0.39 is 97.5 Å². The van der Waals surface area contributed by atoms with Crippen molar-refractivity contribution < 1.29 is 80.2 Å². The van der Waals surface area contributed by atoms with Gasteiger partial charge in [-0.1, -0.05) is 286 Å². The molecule has 510 valence electrons. The van der Waals surface area contributed by atoms with Crippen LogP contribution in [0.1, 0.15) is 337 Å². The number of ether oxygens (including phenoxy) is 4. The molecule has 0 saturated carbocycles. The van der Waals surface area contributed by atoms with E-state index >= 15 is 0 Å². The van der Waals surface area contributed by atoms with Crippen LogP contribution >= 0.6 is 15.6 Å². The van der Waals surface area contributed by atoms with Crippen LogP contribution in [0, 0.1) is 11.8 Å². The summed E-state index contributed by atoms with van der Waals surface area (Å²) in [5.74, 6) is -0.690. The second-order valence-corrected chi connectivity index (χ2v) is 28.1. The Balaban J connectivity index is 5.24. The molecule has 2 unspecified atom stereocenters. The van der Waals surface area contributed by atoms with Gasteiger partial charge in [-0.3, -0.25) is 37.3 Å². The van der Waals surface area contributed by atoms with E-state index in [1.54, 1.807) is 0 Å². The lowest BCUT2D eigenvalue weighted by Gasteiger charge is -2.21. The molecule has 5 atom stereocenters. The maximum Gasteiger partial charge on any atom is 0.472 e. The summed E-state index contributed by atoms with van der Waals surface area (Å²) in [6, 6.07) is 0. The fourth-order valence-electron chi connectivity index (χ4n) is 10.1. The monoisotopic (exact) mass is 1270 g/mol. The summed E-state index contributed by atoms with van der Waals surface area (Å²) < 4.78 is 68.1. The zero-order valence-electron chi connectivity index (χ0n) is 55.6. The molecule has 17 nitrogen and oxygen atoms in total. The van der Waals surface area contributed by atoms with E-state index in [1.807, 2.05) is 0 Å². The van der Waals surface area contributed by atoms with Gasteiger partial charge in [0.1, 0.15) is 19.3 Å². The van der Waals surface area contributed by atoms with Gasteiger partial charge in [-0.05, 0) is 37.5 Å². The fourth-order valence-corrected chi connectivity index (χ4v) is 11.6. The number of phosphoric acid groups is 2. The van der Waals surface area contributed by atoms with Gasteiger partial charge in [-0.15, -0.1) is 0 Å². The Labute approximate surface area is 524 Å². The Morgan fingerprint density at radius 2 is 0.535 bits per heavy atom. The molecular formula is C67H130O17P2. The molecule has 0 bridgehead atoms. The van der Waals surface area contributed by atoms with Crippen molar-refractivity contribution >= 4 is 39.5 Å². The van der Waals surface area contributed by atoms with Crippen LogP contribution in [0.3, 0.4) is 0 Å². The normalized spacial score (nSPS) is 14.2. The third-order valence-corrected chi connectivity index (χ3v) is 17.4. The average molecular weight is 1270 g/mol. The lowest BCUT2D eigenvalue weighted by molar-refractivity contribution is -0.161. The van der Waals surface area contributed by atoms with Gasteiger partial charge in [0.15, 0.2) is 12.2 Å². The molecule has 0 heterocycles. The number of hydrogen-bond donors (Lipinski definition) is 3. The molecule has 0 aliphatic rings. The standard InChI is InChI=1S/C67H130O17P2/c1-7-9-11-13-15-17-19-20-21-22-26-33-39-45-51-66(71)83-62(55-78-65(70)50-44-38-32-27-23-24-29-35-41-47-59(3)4)57-81-85(73,74)79-53-61(68)54-80-86(75,76)82-58-63(84-67(72)52-46-40-34-28-30-36-42-48-60(5)6)56-77-64(69)49-43-37-31-25-18-16-14-12-10-8-2/h59-63,68H,7-58H2,1-6H3,(H,73,74)(H,75,76)/t61-,62-,63-/m1/s1. The summed E-state index contributed by atoms with van der Waals surface area (Å²) in [5.41, 5.74) is 0. The van der Waals surface area contributed by atoms with Crippen LogP contribution in [0.2, 0.25) is 0 Å². The predicted octanol–water partition coefficient (Wildman–Crippen LogP) is 18.8. The zero-order valence-corrected chi connectivity index (χ0v) is 57.4. The molecule has 86 heavy (non-hydrogen) atoms. The number of hydrogen-bond acceptors (Lipinski definition) is 15. The number of rotatable bonds is 66. The lowest BCUT2D eigenvalue weighted by Crippen LogP contribution is -2.30. The average Bonchev–Trinajstić information content (AvgIpc) is 3.56. The maximum absolute atomic E-state index is 13.0. The zero-order chi connectivity index (χ0) is 63.6. The molecule has 0 fully saturated rings. The number of esters is 4. The first-order chi connectivity index (χ1) is 41.4. The Morgan fingerprint density at radius 1 is 0.314 bits per heavy atom. The van der Waals surface area contributed by atoms with Crippen molar-refractivity contribution in [3.63, 3.8) is 0 Å². The van der Waals surface area contributed by atoms with Crippen LogP contribution < -0.4 is 0 Å².